The molecule has 1 fully saturated rings. The Morgan fingerprint density at radius 3 is 2.57 bits per heavy atom. The Morgan fingerprint density at radius 1 is 1.36 bits per heavy atom. The predicted molar refractivity (Wildman–Crippen MR) is 47.9 cm³/mol. The Labute approximate surface area is 81.0 Å². The molecule has 1 atom stereocenters. The largest absolute Gasteiger partial charge is 0.263 e. The fraction of sp³-hybridized carbons (Fsp3) is 0.364. The van der Waals surface area contributed by atoms with Crippen molar-refractivity contribution in [2.45, 2.75) is 24.7 Å². The maximum absolute atomic E-state index is 12.4. The molecule has 0 amide bonds. The highest BCUT2D eigenvalue weighted by Crippen LogP contribution is 2.47. The van der Waals surface area contributed by atoms with Crippen LogP contribution in [0.3, 0.4) is 0 Å². The maximum atomic E-state index is 12.4. The third-order valence-electron chi connectivity index (χ3n) is 2.66. The first-order valence-electron chi connectivity index (χ1n) is 4.48. The molecule has 3 heteroatoms. The quantitative estimate of drug-likeness (QED) is 0.706. The lowest BCUT2D eigenvalue weighted by molar-refractivity contribution is 0.151. The van der Waals surface area contributed by atoms with Gasteiger partial charge in [-0.1, -0.05) is 18.2 Å². The van der Waals surface area contributed by atoms with Crippen molar-refractivity contribution in [1.82, 2.24) is 0 Å². The van der Waals surface area contributed by atoms with E-state index in [1.165, 1.54) is 12.1 Å². The highest BCUT2D eigenvalue weighted by molar-refractivity contribution is 5.40. The zero-order valence-electron chi connectivity index (χ0n) is 7.50. The SMILES string of the molecule is N#CC1(c2cccc(C(F)[18F])c2)CC1. The molecule has 0 saturated heterocycles. The van der Waals surface area contributed by atoms with Gasteiger partial charge in [0.2, 0.25) is 0 Å². The molecule has 2 rings (SSSR count). The van der Waals surface area contributed by atoms with E-state index in [1.807, 2.05) is 0 Å². The van der Waals surface area contributed by atoms with E-state index in [-0.39, 0.29) is 5.56 Å². The molecule has 0 N–H and O–H groups in total. The third-order valence-corrected chi connectivity index (χ3v) is 2.66. The molecule has 1 unspecified atom stereocenters. The number of halogens is 2. The van der Waals surface area contributed by atoms with E-state index in [0.29, 0.717) is 0 Å². The van der Waals surface area contributed by atoms with Gasteiger partial charge in [-0.15, -0.1) is 0 Å². The number of hydrogen-bond donors (Lipinski definition) is 0. The summed E-state index contributed by atoms with van der Waals surface area (Å²) in [4.78, 5) is 0. The van der Waals surface area contributed by atoms with Crippen LogP contribution < -0.4 is 0 Å². The van der Waals surface area contributed by atoms with E-state index in [2.05, 4.69) is 6.07 Å². The normalized spacial score (nSPS) is 19.8. The van der Waals surface area contributed by atoms with E-state index in [1.54, 1.807) is 12.1 Å². The first-order valence-corrected chi connectivity index (χ1v) is 4.48. The average Bonchev–Trinajstić information content (AvgIpc) is 2.98. The van der Waals surface area contributed by atoms with Crippen molar-refractivity contribution in [2.24, 2.45) is 0 Å². The minimum Gasteiger partial charge on any atom is -0.205 e. The molecule has 1 aliphatic carbocycles. The van der Waals surface area contributed by atoms with Gasteiger partial charge in [-0.2, -0.15) is 5.26 Å². The smallest absolute Gasteiger partial charge is 0.205 e. The van der Waals surface area contributed by atoms with Crippen LogP contribution in [0.1, 0.15) is 30.4 Å². The standard InChI is InChI=1S/C11H9F2N/c12-10(13)8-2-1-3-9(6-8)11(7-14)4-5-11/h1-3,6,10H,4-5H2/i12-1. The van der Waals surface area contributed by atoms with Crippen LogP contribution in [0.2, 0.25) is 0 Å². The molecule has 0 aliphatic heterocycles. The van der Waals surface area contributed by atoms with Gasteiger partial charge in [0.25, 0.3) is 6.43 Å². The molecule has 1 saturated carbocycles. The van der Waals surface area contributed by atoms with Crippen LogP contribution in [0.4, 0.5) is 8.78 Å². The van der Waals surface area contributed by atoms with Crippen LogP contribution in [-0.2, 0) is 5.41 Å². The van der Waals surface area contributed by atoms with Gasteiger partial charge in [0.15, 0.2) is 0 Å². The van der Waals surface area contributed by atoms with Gasteiger partial charge in [0, 0.05) is 5.56 Å². The topological polar surface area (TPSA) is 23.8 Å². The second-order valence-electron chi connectivity index (χ2n) is 3.62. The Morgan fingerprint density at radius 2 is 2.07 bits per heavy atom. The number of hydrogen-bond acceptors (Lipinski definition) is 1. The molecular formula is C11H9F2N. The van der Waals surface area contributed by atoms with Crippen molar-refractivity contribution in [1.29, 1.82) is 5.26 Å². The number of nitriles is 1. The van der Waals surface area contributed by atoms with Gasteiger partial charge < -0.3 is 0 Å². The van der Waals surface area contributed by atoms with Crippen molar-refractivity contribution in [3.63, 3.8) is 0 Å². The fourth-order valence-corrected chi connectivity index (χ4v) is 1.56. The van der Waals surface area contributed by atoms with Gasteiger partial charge in [-0.05, 0) is 24.5 Å². The second-order valence-corrected chi connectivity index (χ2v) is 3.62. The van der Waals surface area contributed by atoms with Crippen molar-refractivity contribution in [3.8, 4) is 6.07 Å². The molecular weight excluding hydrogens is 183 g/mol. The van der Waals surface area contributed by atoms with Gasteiger partial charge in [-0.3, -0.25) is 0 Å². The Bertz CT molecular complexity index is 389. The van der Waals surface area contributed by atoms with Crippen LogP contribution in [0.25, 0.3) is 0 Å². The molecule has 0 heterocycles. The van der Waals surface area contributed by atoms with Crippen LogP contribution in [-0.4, -0.2) is 0 Å². The monoisotopic (exact) mass is 192 g/mol. The van der Waals surface area contributed by atoms with Gasteiger partial charge >= 0.3 is 0 Å². The first kappa shape index (κ1) is 9.14. The Hall–Kier alpha value is -1.43. The van der Waals surface area contributed by atoms with Crippen LogP contribution in [0.15, 0.2) is 24.3 Å². The molecule has 0 bridgehead atoms. The van der Waals surface area contributed by atoms with Crippen LogP contribution in [0, 0.1) is 11.3 Å². The third kappa shape index (κ3) is 1.37. The van der Waals surface area contributed by atoms with E-state index >= 15 is 0 Å². The second kappa shape index (κ2) is 3.06. The molecule has 0 spiro atoms. The number of rotatable bonds is 2. The summed E-state index contributed by atoms with van der Waals surface area (Å²) in [6.45, 7) is 0. The van der Waals surface area contributed by atoms with Gasteiger partial charge in [0.05, 0.1) is 11.5 Å². The Kier molecular flexibility index (Phi) is 1.99. The zero-order chi connectivity index (χ0) is 10.2. The maximum Gasteiger partial charge on any atom is 0.263 e. The molecule has 0 radical (unpaired) electrons. The summed E-state index contributed by atoms with van der Waals surface area (Å²) in [6, 6.07) is 8.37. The highest BCUT2D eigenvalue weighted by atomic mass is 19.2. The summed E-state index contributed by atoms with van der Waals surface area (Å²) in [6.07, 6.45) is -0.878. The van der Waals surface area contributed by atoms with Crippen LogP contribution >= 0.6 is 0 Å². The molecule has 1 aromatic rings. The molecule has 14 heavy (non-hydrogen) atoms. The summed E-state index contributed by atoms with van der Waals surface area (Å²) >= 11 is 0. The number of alkyl halides is 2. The lowest BCUT2D eigenvalue weighted by Gasteiger charge is -2.07. The van der Waals surface area contributed by atoms with Gasteiger partial charge in [-0.25, -0.2) is 8.78 Å². The molecule has 1 aromatic carbocycles. The van der Waals surface area contributed by atoms with E-state index in [0.717, 1.165) is 18.4 Å². The summed E-state index contributed by atoms with van der Waals surface area (Å²) in [5, 5.41) is 8.90. The highest BCUT2D eigenvalue weighted by Gasteiger charge is 2.44. The number of nitrogens with zero attached hydrogens (tertiary/aromatic N) is 1. The predicted octanol–water partition coefficient (Wildman–Crippen LogP) is 3.18. The summed E-state index contributed by atoms with van der Waals surface area (Å²) < 4.78 is 24.8. The van der Waals surface area contributed by atoms with Crippen LogP contribution in [0.5, 0.6) is 0 Å². The molecule has 0 aromatic heterocycles. The zero-order valence-corrected chi connectivity index (χ0v) is 7.50. The molecule has 72 valence electrons. The molecule has 1 nitrogen and oxygen atoms in total. The minimum absolute atomic E-state index is 0.00373. The number of benzene rings is 1. The minimum atomic E-state index is -2.45. The van der Waals surface area contributed by atoms with E-state index < -0.39 is 11.8 Å². The average molecular weight is 192 g/mol. The summed E-state index contributed by atoms with van der Waals surface area (Å²) in [7, 11) is 0. The Balaban J connectivity index is 2.37. The van der Waals surface area contributed by atoms with Crippen molar-refractivity contribution >= 4 is 0 Å². The van der Waals surface area contributed by atoms with Crippen molar-refractivity contribution in [3.05, 3.63) is 35.4 Å². The fourth-order valence-electron chi connectivity index (χ4n) is 1.56. The van der Waals surface area contributed by atoms with Gasteiger partial charge in [0.1, 0.15) is 0 Å². The summed E-state index contributed by atoms with van der Waals surface area (Å²) in [5.41, 5.74) is 0.270. The van der Waals surface area contributed by atoms with Crippen molar-refractivity contribution in [2.75, 3.05) is 0 Å². The van der Waals surface area contributed by atoms with Crippen molar-refractivity contribution < 1.29 is 8.78 Å². The first-order chi connectivity index (χ1) is 6.68. The lowest BCUT2D eigenvalue weighted by Crippen LogP contribution is -2.02. The lowest BCUT2D eigenvalue weighted by atomic mass is 9.96. The van der Waals surface area contributed by atoms with E-state index in [4.69, 9.17) is 5.26 Å². The molecule has 1 aliphatic rings. The summed E-state index contributed by atoms with van der Waals surface area (Å²) in [5.74, 6) is 0. The van der Waals surface area contributed by atoms with E-state index in [9.17, 15) is 8.78 Å².